The lowest BCUT2D eigenvalue weighted by Crippen LogP contribution is -2.24. The quantitative estimate of drug-likeness (QED) is 0.771. The second-order valence-corrected chi connectivity index (χ2v) is 9.16. The van der Waals surface area contributed by atoms with E-state index in [1.807, 2.05) is 28.2 Å². The Balaban J connectivity index is 1.76. The zero-order chi connectivity index (χ0) is 19.6. The Bertz CT molecular complexity index is 884. The summed E-state index contributed by atoms with van der Waals surface area (Å²) in [6.07, 6.45) is 8.37. The Kier molecular flexibility index (Phi) is 5.87. The van der Waals surface area contributed by atoms with Gasteiger partial charge in [-0.3, -0.25) is 0 Å². The number of hydrogen-bond donors (Lipinski definition) is 1. The van der Waals surface area contributed by atoms with Crippen LogP contribution in [0.3, 0.4) is 0 Å². The Morgan fingerprint density at radius 1 is 1.41 bits per heavy atom. The molecule has 0 bridgehead atoms. The van der Waals surface area contributed by atoms with Gasteiger partial charge in [0, 0.05) is 24.7 Å². The first-order valence-corrected chi connectivity index (χ1v) is 10.7. The molecule has 0 aliphatic carbocycles. The van der Waals surface area contributed by atoms with Crippen molar-refractivity contribution in [1.82, 2.24) is 4.90 Å². The topological polar surface area (TPSA) is 79.0 Å². The number of benzene rings is 1. The van der Waals surface area contributed by atoms with Crippen LogP contribution in [0.4, 0.5) is 14.5 Å². The summed E-state index contributed by atoms with van der Waals surface area (Å²) in [5, 5.41) is -0.114. The van der Waals surface area contributed by atoms with Gasteiger partial charge in [-0.05, 0) is 43.3 Å². The lowest BCUT2D eigenvalue weighted by molar-refractivity contribution is 0.234. The molecule has 0 aromatic heterocycles. The minimum atomic E-state index is -4.61. The highest BCUT2D eigenvalue weighted by Crippen LogP contribution is 2.44. The smallest absolute Gasteiger partial charge is 0.341 e. The molecular formula is C17H20F2N4O2S2. The van der Waals surface area contributed by atoms with Crippen molar-refractivity contribution in [2.45, 2.75) is 27.3 Å². The molecule has 2 heterocycles. The number of thioether (sulfide) groups is 1. The van der Waals surface area contributed by atoms with E-state index in [2.05, 4.69) is 4.99 Å². The van der Waals surface area contributed by atoms with Crippen LogP contribution in [0.15, 0.2) is 57.0 Å². The van der Waals surface area contributed by atoms with E-state index in [4.69, 9.17) is 5.73 Å². The molecule has 6 nitrogen and oxygen atoms in total. The molecule has 27 heavy (non-hydrogen) atoms. The van der Waals surface area contributed by atoms with Gasteiger partial charge < -0.3 is 15.5 Å². The van der Waals surface area contributed by atoms with E-state index >= 15 is 0 Å². The van der Waals surface area contributed by atoms with Gasteiger partial charge in [-0.15, -0.1) is 0 Å². The molecule has 2 aliphatic heterocycles. The van der Waals surface area contributed by atoms with Gasteiger partial charge in [-0.2, -0.15) is 8.78 Å². The molecule has 146 valence electrons. The van der Waals surface area contributed by atoms with Crippen LogP contribution in [0.2, 0.25) is 0 Å². The normalized spacial score (nSPS) is 20.8. The van der Waals surface area contributed by atoms with E-state index in [1.54, 1.807) is 19.5 Å². The van der Waals surface area contributed by atoms with Gasteiger partial charge in [-0.25, -0.2) is 13.4 Å². The lowest BCUT2D eigenvalue weighted by atomic mass is 10.3. The van der Waals surface area contributed by atoms with E-state index in [-0.39, 0.29) is 10.3 Å². The fraction of sp³-hybridized carbons (Fsp3) is 0.353. The highest BCUT2D eigenvalue weighted by molar-refractivity contribution is 8.00. The minimum Gasteiger partial charge on any atom is -0.358 e. The molecule has 3 rings (SSSR count). The summed E-state index contributed by atoms with van der Waals surface area (Å²) in [6.45, 7) is 1.42. The standard InChI is InChI=1S/C17H20F2N4O2S2/c1-22-14-10-13(27(24,25)17(18)19)3-4-15(14)26-16(22)9-12-5-8-23(11-21-12)7-2-6-20/h3-5,8-11,16-17H,2,6-7,20H2,1H3. The predicted molar refractivity (Wildman–Crippen MR) is 104 cm³/mol. The van der Waals surface area contributed by atoms with Crippen LogP contribution in [0.1, 0.15) is 6.42 Å². The lowest BCUT2D eigenvalue weighted by Gasteiger charge is -2.21. The van der Waals surface area contributed by atoms with Crippen molar-refractivity contribution in [3.63, 3.8) is 0 Å². The van der Waals surface area contributed by atoms with Gasteiger partial charge in [0.15, 0.2) is 0 Å². The van der Waals surface area contributed by atoms with E-state index in [0.717, 1.165) is 23.6 Å². The van der Waals surface area contributed by atoms with E-state index in [9.17, 15) is 17.2 Å². The van der Waals surface area contributed by atoms with Crippen molar-refractivity contribution in [3.05, 3.63) is 42.2 Å². The number of anilines is 1. The number of rotatable bonds is 6. The molecule has 0 spiro atoms. The molecule has 0 amide bonds. The van der Waals surface area contributed by atoms with Crippen LogP contribution in [0.25, 0.3) is 0 Å². The second-order valence-electron chi connectivity index (χ2n) is 6.09. The first kappa shape index (κ1) is 19.8. The maximum absolute atomic E-state index is 12.8. The molecule has 1 aromatic rings. The van der Waals surface area contributed by atoms with E-state index in [1.165, 1.54) is 23.9 Å². The minimum absolute atomic E-state index is 0.114. The van der Waals surface area contributed by atoms with Crippen LogP contribution >= 0.6 is 11.8 Å². The van der Waals surface area contributed by atoms with Gasteiger partial charge in [0.05, 0.1) is 22.6 Å². The highest BCUT2D eigenvalue weighted by atomic mass is 32.2. The molecule has 10 heteroatoms. The van der Waals surface area contributed by atoms with Crippen molar-refractivity contribution < 1.29 is 17.2 Å². The number of sulfone groups is 1. The predicted octanol–water partition coefficient (Wildman–Crippen LogP) is 2.64. The molecule has 2 N–H and O–H groups in total. The highest BCUT2D eigenvalue weighted by Gasteiger charge is 2.31. The summed E-state index contributed by atoms with van der Waals surface area (Å²) in [6, 6.07) is 4.10. The molecule has 0 saturated carbocycles. The summed E-state index contributed by atoms with van der Waals surface area (Å²) in [5.74, 6) is -3.43. The van der Waals surface area contributed by atoms with Crippen LogP contribution in [0, 0.1) is 0 Å². The maximum atomic E-state index is 12.8. The Hall–Kier alpha value is -1.91. The largest absolute Gasteiger partial charge is 0.358 e. The number of likely N-dealkylation sites (N-methyl/N-ethyl adjacent to an activating group) is 1. The number of allylic oxidation sites excluding steroid dienone is 1. The van der Waals surface area contributed by atoms with Gasteiger partial charge in [-0.1, -0.05) is 11.8 Å². The SMILES string of the molecule is CN1c2cc(S(=O)(=O)C(F)F)ccc2SC1C=C1C=CN(CCCN)C=N1. The molecule has 1 unspecified atom stereocenters. The van der Waals surface area contributed by atoms with Crippen LogP contribution < -0.4 is 10.6 Å². The molecule has 0 radical (unpaired) electrons. The van der Waals surface area contributed by atoms with Crippen molar-refractivity contribution in [2.24, 2.45) is 10.7 Å². The number of hydrogen-bond acceptors (Lipinski definition) is 7. The van der Waals surface area contributed by atoms with Crippen LogP contribution in [0.5, 0.6) is 0 Å². The van der Waals surface area contributed by atoms with Gasteiger partial charge in [0.25, 0.3) is 0 Å². The Morgan fingerprint density at radius 2 is 2.19 bits per heavy atom. The molecule has 0 saturated heterocycles. The van der Waals surface area contributed by atoms with Gasteiger partial charge >= 0.3 is 5.76 Å². The zero-order valence-electron chi connectivity index (χ0n) is 14.6. The van der Waals surface area contributed by atoms with Crippen molar-refractivity contribution in [3.8, 4) is 0 Å². The Morgan fingerprint density at radius 3 is 2.81 bits per heavy atom. The molecule has 1 aromatic carbocycles. The number of alkyl halides is 2. The second kappa shape index (κ2) is 7.99. The fourth-order valence-electron chi connectivity index (χ4n) is 2.69. The number of fused-ring (bicyclic) bond motifs is 1. The maximum Gasteiger partial charge on any atom is 0.341 e. The number of nitrogens with two attached hydrogens (primary N) is 1. The summed E-state index contributed by atoms with van der Waals surface area (Å²) >= 11 is 1.51. The van der Waals surface area contributed by atoms with Crippen molar-refractivity contribution >= 4 is 33.6 Å². The summed E-state index contributed by atoms with van der Waals surface area (Å²) in [4.78, 5) is 8.67. The van der Waals surface area contributed by atoms with Gasteiger partial charge in [0.1, 0.15) is 5.37 Å². The first-order chi connectivity index (χ1) is 12.8. The third-order valence-electron chi connectivity index (χ3n) is 4.23. The monoisotopic (exact) mass is 414 g/mol. The van der Waals surface area contributed by atoms with E-state index < -0.39 is 15.6 Å². The number of halogens is 2. The fourth-order valence-corrected chi connectivity index (χ4v) is 4.64. The summed E-state index contributed by atoms with van der Waals surface area (Å²) in [5.41, 5.74) is 6.88. The molecule has 1 atom stereocenters. The average molecular weight is 415 g/mol. The number of aliphatic imine (C=N–C) groups is 1. The third kappa shape index (κ3) is 4.17. The van der Waals surface area contributed by atoms with E-state index in [0.29, 0.717) is 12.2 Å². The summed E-state index contributed by atoms with van der Waals surface area (Å²) in [7, 11) is -2.82. The van der Waals surface area contributed by atoms with Crippen LogP contribution in [-0.2, 0) is 9.84 Å². The van der Waals surface area contributed by atoms with Crippen molar-refractivity contribution in [2.75, 3.05) is 25.0 Å². The van der Waals surface area contributed by atoms with Crippen molar-refractivity contribution in [1.29, 1.82) is 0 Å². The zero-order valence-corrected chi connectivity index (χ0v) is 16.3. The Labute approximate surface area is 161 Å². The molecule has 2 aliphatic rings. The van der Waals surface area contributed by atoms with Crippen LogP contribution in [-0.4, -0.2) is 50.9 Å². The number of nitrogens with zero attached hydrogens (tertiary/aromatic N) is 3. The molecular weight excluding hydrogens is 394 g/mol. The van der Waals surface area contributed by atoms with Gasteiger partial charge in [0.2, 0.25) is 9.84 Å². The third-order valence-corrected chi connectivity index (χ3v) is 6.90. The summed E-state index contributed by atoms with van der Waals surface area (Å²) < 4.78 is 49.0. The first-order valence-electron chi connectivity index (χ1n) is 8.28. The molecule has 0 fully saturated rings. The average Bonchev–Trinajstić information content (AvgIpc) is 2.96.